The molecule has 0 saturated carbocycles. The molecular formula is C22H19NO7S. The summed E-state index contributed by atoms with van der Waals surface area (Å²) in [4.78, 5) is 48.0. The van der Waals surface area contributed by atoms with Crippen LogP contribution < -0.4 is 4.74 Å². The van der Waals surface area contributed by atoms with Gasteiger partial charge in [0.25, 0.3) is 11.1 Å². The van der Waals surface area contributed by atoms with Crippen molar-refractivity contribution in [3.63, 3.8) is 0 Å². The molecule has 8 nitrogen and oxygen atoms in total. The number of carbonyl (C=O) groups is 4. The van der Waals surface area contributed by atoms with Crippen LogP contribution in [0, 0.1) is 0 Å². The Morgan fingerprint density at radius 1 is 1.06 bits per heavy atom. The summed E-state index contributed by atoms with van der Waals surface area (Å²) in [6.07, 6.45) is 1.57. The zero-order valence-corrected chi connectivity index (χ0v) is 17.4. The molecule has 31 heavy (non-hydrogen) atoms. The van der Waals surface area contributed by atoms with Gasteiger partial charge in [0.15, 0.2) is 0 Å². The van der Waals surface area contributed by atoms with E-state index in [1.54, 1.807) is 49.4 Å². The molecule has 1 saturated heterocycles. The quantitative estimate of drug-likeness (QED) is 0.489. The van der Waals surface area contributed by atoms with Crippen molar-refractivity contribution >= 4 is 40.9 Å². The van der Waals surface area contributed by atoms with E-state index in [0.717, 1.165) is 22.2 Å². The van der Waals surface area contributed by atoms with E-state index in [1.165, 1.54) is 12.1 Å². The molecule has 0 radical (unpaired) electrons. The van der Waals surface area contributed by atoms with Crippen molar-refractivity contribution in [3.8, 4) is 5.75 Å². The van der Waals surface area contributed by atoms with Crippen molar-refractivity contribution in [1.82, 2.24) is 4.90 Å². The summed E-state index contributed by atoms with van der Waals surface area (Å²) in [5, 5.41) is 8.40. The molecule has 0 bridgehead atoms. The molecule has 0 spiro atoms. The van der Waals surface area contributed by atoms with Gasteiger partial charge in [-0.05, 0) is 60.2 Å². The normalized spacial score (nSPS) is 14.7. The second-order valence-electron chi connectivity index (χ2n) is 6.43. The lowest BCUT2D eigenvalue weighted by atomic mass is 10.1. The molecule has 2 amide bonds. The largest absolute Gasteiger partial charge is 0.489 e. The van der Waals surface area contributed by atoms with Gasteiger partial charge in [0.05, 0.1) is 17.1 Å². The lowest BCUT2D eigenvalue weighted by Gasteiger charge is -2.10. The summed E-state index contributed by atoms with van der Waals surface area (Å²) < 4.78 is 10.5. The summed E-state index contributed by atoms with van der Waals surface area (Å²) in [6.45, 7) is 1.68. The molecule has 0 aliphatic carbocycles. The van der Waals surface area contributed by atoms with Gasteiger partial charge in [-0.3, -0.25) is 19.3 Å². The Morgan fingerprint density at radius 2 is 1.74 bits per heavy atom. The van der Waals surface area contributed by atoms with E-state index in [-0.39, 0.29) is 23.7 Å². The molecule has 9 heteroatoms. The number of ether oxygens (including phenoxy) is 2. The number of hydrogen-bond donors (Lipinski definition) is 1. The second kappa shape index (κ2) is 9.94. The Kier molecular flexibility index (Phi) is 7.09. The maximum atomic E-state index is 12.4. The van der Waals surface area contributed by atoms with E-state index in [1.807, 2.05) is 0 Å². The SMILES string of the molecule is CCOC(=O)CN1C(=O)S/C(=C\c2ccc(OCc3ccc(C(=O)O)cc3)cc2)C1=O. The first-order valence-corrected chi connectivity index (χ1v) is 10.1. The highest BCUT2D eigenvalue weighted by molar-refractivity contribution is 8.18. The predicted octanol–water partition coefficient (Wildman–Crippen LogP) is 3.56. The summed E-state index contributed by atoms with van der Waals surface area (Å²) in [6, 6.07) is 13.3. The maximum absolute atomic E-state index is 12.4. The van der Waals surface area contributed by atoms with Gasteiger partial charge in [0, 0.05) is 0 Å². The summed E-state index contributed by atoms with van der Waals surface area (Å²) in [5.41, 5.74) is 1.73. The number of carbonyl (C=O) groups excluding carboxylic acids is 3. The maximum Gasteiger partial charge on any atom is 0.335 e. The molecule has 1 fully saturated rings. The van der Waals surface area contributed by atoms with Crippen molar-refractivity contribution in [3.05, 3.63) is 70.1 Å². The Labute approximate surface area is 182 Å². The third kappa shape index (κ3) is 5.73. The third-order valence-corrected chi connectivity index (χ3v) is 5.16. The number of carboxylic acids is 1. The second-order valence-corrected chi connectivity index (χ2v) is 7.43. The number of imide groups is 1. The molecule has 0 unspecified atom stereocenters. The molecule has 0 aromatic heterocycles. The monoisotopic (exact) mass is 441 g/mol. The Bertz CT molecular complexity index is 1030. The fourth-order valence-electron chi connectivity index (χ4n) is 2.69. The highest BCUT2D eigenvalue weighted by atomic mass is 32.2. The summed E-state index contributed by atoms with van der Waals surface area (Å²) in [5.74, 6) is -1.56. The van der Waals surface area contributed by atoms with Crippen molar-refractivity contribution in [2.75, 3.05) is 13.2 Å². The van der Waals surface area contributed by atoms with Gasteiger partial charge in [-0.25, -0.2) is 4.79 Å². The van der Waals surface area contributed by atoms with Gasteiger partial charge in [-0.15, -0.1) is 0 Å². The van der Waals surface area contributed by atoms with E-state index in [9.17, 15) is 19.2 Å². The van der Waals surface area contributed by atoms with E-state index < -0.39 is 29.6 Å². The molecule has 1 heterocycles. The zero-order chi connectivity index (χ0) is 22.4. The number of carboxylic acid groups (broad SMARTS) is 1. The minimum atomic E-state index is -0.984. The molecule has 160 valence electrons. The molecule has 3 rings (SSSR count). The van der Waals surface area contributed by atoms with E-state index in [2.05, 4.69) is 0 Å². The van der Waals surface area contributed by atoms with Crippen molar-refractivity contribution in [1.29, 1.82) is 0 Å². The first kappa shape index (κ1) is 22.1. The fourth-order valence-corrected chi connectivity index (χ4v) is 3.53. The van der Waals surface area contributed by atoms with Crippen molar-refractivity contribution in [2.45, 2.75) is 13.5 Å². The average molecular weight is 441 g/mol. The van der Waals surface area contributed by atoms with Gasteiger partial charge < -0.3 is 14.6 Å². The van der Waals surface area contributed by atoms with Gasteiger partial charge in [0.2, 0.25) is 0 Å². The number of nitrogens with zero attached hydrogens (tertiary/aromatic N) is 1. The van der Waals surface area contributed by atoms with E-state index in [0.29, 0.717) is 11.3 Å². The third-order valence-electron chi connectivity index (χ3n) is 4.25. The predicted molar refractivity (Wildman–Crippen MR) is 113 cm³/mol. The standard InChI is InChI=1S/C22H19NO7S/c1-2-29-19(24)12-23-20(25)18(31-22(23)28)11-14-5-9-17(10-6-14)30-13-15-3-7-16(8-4-15)21(26)27/h3-11H,2,12-13H2,1H3,(H,26,27)/b18-11-. The lowest BCUT2D eigenvalue weighted by molar-refractivity contribution is -0.145. The number of thioether (sulfide) groups is 1. The first-order chi connectivity index (χ1) is 14.9. The number of benzene rings is 2. The molecule has 1 aliphatic heterocycles. The lowest BCUT2D eigenvalue weighted by Crippen LogP contribution is -2.34. The van der Waals surface area contributed by atoms with Crippen LogP contribution in [0.3, 0.4) is 0 Å². The number of esters is 1. The molecule has 2 aromatic rings. The van der Waals surface area contributed by atoms with Crippen molar-refractivity contribution < 1.29 is 33.8 Å². The van der Waals surface area contributed by atoms with Crippen molar-refractivity contribution in [2.24, 2.45) is 0 Å². The van der Waals surface area contributed by atoms with Gasteiger partial charge >= 0.3 is 11.9 Å². The van der Waals surface area contributed by atoms with Gasteiger partial charge in [-0.1, -0.05) is 24.3 Å². The molecule has 0 atom stereocenters. The summed E-state index contributed by atoms with van der Waals surface area (Å²) in [7, 11) is 0. The van der Waals surface area contributed by atoms with Crippen LogP contribution in [0.25, 0.3) is 6.08 Å². The highest BCUT2D eigenvalue weighted by Gasteiger charge is 2.36. The molecular weight excluding hydrogens is 422 g/mol. The average Bonchev–Trinajstić information content (AvgIpc) is 3.01. The molecule has 1 aliphatic rings. The highest BCUT2D eigenvalue weighted by Crippen LogP contribution is 2.32. The van der Waals surface area contributed by atoms with Gasteiger partial charge in [-0.2, -0.15) is 0 Å². The number of amides is 2. The Balaban J connectivity index is 1.60. The number of hydrogen-bond acceptors (Lipinski definition) is 7. The van der Waals surface area contributed by atoms with Crippen LogP contribution in [-0.4, -0.2) is 46.2 Å². The molecule has 1 N–H and O–H groups in total. The smallest absolute Gasteiger partial charge is 0.335 e. The zero-order valence-electron chi connectivity index (χ0n) is 16.6. The van der Waals surface area contributed by atoms with Crippen LogP contribution in [-0.2, 0) is 20.9 Å². The topological polar surface area (TPSA) is 110 Å². The van der Waals surface area contributed by atoms with Gasteiger partial charge in [0.1, 0.15) is 18.9 Å². The number of rotatable bonds is 8. The Hall–Kier alpha value is -3.59. The van der Waals surface area contributed by atoms with Crippen LogP contribution >= 0.6 is 11.8 Å². The minimum Gasteiger partial charge on any atom is -0.489 e. The van der Waals surface area contributed by atoms with Crippen LogP contribution in [0.2, 0.25) is 0 Å². The summed E-state index contributed by atoms with van der Waals surface area (Å²) >= 11 is 0.769. The van der Waals surface area contributed by atoms with Crippen LogP contribution in [0.5, 0.6) is 5.75 Å². The first-order valence-electron chi connectivity index (χ1n) is 9.33. The van der Waals surface area contributed by atoms with Crippen LogP contribution in [0.1, 0.15) is 28.4 Å². The minimum absolute atomic E-state index is 0.174. The van der Waals surface area contributed by atoms with E-state index >= 15 is 0 Å². The van der Waals surface area contributed by atoms with E-state index in [4.69, 9.17) is 14.6 Å². The van der Waals surface area contributed by atoms with Crippen LogP contribution in [0.4, 0.5) is 4.79 Å². The molecule has 2 aromatic carbocycles. The Morgan fingerprint density at radius 3 is 2.35 bits per heavy atom. The number of aromatic carboxylic acids is 1. The fraction of sp³-hybridized carbons (Fsp3) is 0.182. The van der Waals surface area contributed by atoms with Crippen LogP contribution in [0.15, 0.2) is 53.4 Å².